The Balaban J connectivity index is 2.40. The van der Waals surface area contributed by atoms with E-state index < -0.39 is 0 Å². The monoisotopic (exact) mass is 265 g/mol. The molecule has 1 amide bonds. The van der Waals surface area contributed by atoms with Gasteiger partial charge in [-0.05, 0) is 38.5 Å². The Labute approximate surface area is 114 Å². The van der Waals surface area contributed by atoms with E-state index in [1.165, 1.54) is 6.92 Å². The Morgan fingerprint density at radius 2 is 2.16 bits per heavy atom. The predicted octanol–water partition coefficient (Wildman–Crippen LogP) is 2.45. The van der Waals surface area contributed by atoms with Crippen molar-refractivity contribution in [1.29, 1.82) is 0 Å². The molecule has 4 N–H and O–H groups in total. The third-order valence-electron chi connectivity index (χ3n) is 2.46. The molecule has 0 bridgehead atoms. The Morgan fingerprint density at radius 3 is 2.74 bits per heavy atom. The molecule has 0 aromatic heterocycles. The molecular formula is C14H23N3O2. The highest BCUT2D eigenvalue weighted by atomic mass is 16.5. The molecule has 19 heavy (non-hydrogen) atoms. The Morgan fingerprint density at radius 1 is 1.42 bits per heavy atom. The summed E-state index contributed by atoms with van der Waals surface area (Å²) in [6, 6.07) is 5.43. The van der Waals surface area contributed by atoms with Gasteiger partial charge in [0.2, 0.25) is 5.91 Å². The Bertz CT molecular complexity index is 419. The van der Waals surface area contributed by atoms with Gasteiger partial charge in [-0.1, -0.05) is 0 Å². The molecule has 5 heteroatoms. The van der Waals surface area contributed by atoms with Gasteiger partial charge in [0.1, 0.15) is 0 Å². The lowest BCUT2D eigenvalue weighted by atomic mass is 10.2. The van der Waals surface area contributed by atoms with Crippen molar-refractivity contribution in [3.8, 4) is 0 Å². The number of carbonyl (C=O) groups excluding carboxylic acids is 1. The second kappa shape index (κ2) is 7.63. The van der Waals surface area contributed by atoms with Gasteiger partial charge >= 0.3 is 0 Å². The van der Waals surface area contributed by atoms with Crippen LogP contribution < -0.4 is 16.4 Å². The number of ether oxygens (including phenoxy) is 1. The first-order valence-electron chi connectivity index (χ1n) is 6.51. The smallest absolute Gasteiger partial charge is 0.221 e. The molecule has 1 aromatic rings. The lowest BCUT2D eigenvalue weighted by molar-refractivity contribution is -0.114. The van der Waals surface area contributed by atoms with Gasteiger partial charge in [-0.25, -0.2) is 0 Å². The molecular weight excluding hydrogens is 242 g/mol. The molecule has 0 saturated heterocycles. The van der Waals surface area contributed by atoms with Crippen molar-refractivity contribution < 1.29 is 9.53 Å². The zero-order chi connectivity index (χ0) is 14.3. The fourth-order valence-corrected chi connectivity index (χ4v) is 1.62. The molecule has 0 aliphatic carbocycles. The predicted molar refractivity (Wildman–Crippen MR) is 79.4 cm³/mol. The Kier molecular flexibility index (Phi) is 6.15. The van der Waals surface area contributed by atoms with Crippen molar-refractivity contribution in [3.05, 3.63) is 18.2 Å². The zero-order valence-corrected chi connectivity index (χ0v) is 11.8. The highest BCUT2D eigenvalue weighted by Gasteiger charge is 2.02. The number of benzene rings is 1. The molecule has 0 unspecified atom stereocenters. The van der Waals surface area contributed by atoms with E-state index >= 15 is 0 Å². The molecule has 106 valence electrons. The van der Waals surface area contributed by atoms with Crippen molar-refractivity contribution in [3.63, 3.8) is 0 Å². The molecule has 1 aromatic carbocycles. The maximum atomic E-state index is 10.9. The van der Waals surface area contributed by atoms with Gasteiger partial charge in [-0.2, -0.15) is 0 Å². The normalized spacial score (nSPS) is 10.5. The Hall–Kier alpha value is -1.75. The summed E-state index contributed by atoms with van der Waals surface area (Å²) in [6.07, 6.45) is 1.19. The summed E-state index contributed by atoms with van der Waals surface area (Å²) in [5.74, 6) is -0.106. The number of nitrogens with one attached hydrogen (secondary N) is 2. The standard InChI is InChI=1S/C14H23N3O2/c1-10(2)19-8-4-7-16-14-6-5-12(9-13(14)15)17-11(3)18/h5-6,9-10,16H,4,7-8,15H2,1-3H3,(H,17,18). The van der Waals surface area contributed by atoms with E-state index in [1.807, 2.05) is 26.0 Å². The molecule has 0 heterocycles. The van der Waals surface area contributed by atoms with E-state index in [9.17, 15) is 4.79 Å². The van der Waals surface area contributed by atoms with E-state index in [4.69, 9.17) is 10.5 Å². The lowest BCUT2D eigenvalue weighted by Gasteiger charge is -2.12. The van der Waals surface area contributed by atoms with Gasteiger partial charge in [0.15, 0.2) is 0 Å². The molecule has 0 radical (unpaired) electrons. The van der Waals surface area contributed by atoms with Crippen LogP contribution in [0.2, 0.25) is 0 Å². The average molecular weight is 265 g/mol. The molecule has 0 saturated carbocycles. The van der Waals surface area contributed by atoms with E-state index in [0.717, 1.165) is 25.3 Å². The van der Waals surface area contributed by atoms with Crippen LogP contribution in [0.1, 0.15) is 27.2 Å². The fraction of sp³-hybridized carbons (Fsp3) is 0.500. The first-order valence-corrected chi connectivity index (χ1v) is 6.51. The quantitative estimate of drug-likeness (QED) is 0.523. The molecule has 0 atom stereocenters. The second-order valence-corrected chi connectivity index (χ2v) is 4.68. The van der Waals surface area contributed by atoms with Gasteiger partial charge in [0.25, 0.3) is 0 Å². The first-order chi connectivity index (χ1) is 8.99. The molecule has 5 nitrogen and oxygen atoms in total. The van der Waals surface area contributed by atoms with Gasteiger partial charge in [0, 0.05) is 25.8 Å². The summed E-state index contributed by atoms with van der Waals surface area (Å²) in [6.45, 7) is 7.04. The second-order valence-electron chi connectivity index (χ2n) is 4.68. The summed E-state index contributed by atoms with van der Waals surface area (Å²) in [5, 5.41) is 5.94. The van der Waals surface area contributed by atoms with Crippen molar-refractivity contribution in [2.45, 2.75) is 33.3 Å². The van der Waals surface area contributed by atoms with Crippen LogP contribution in [-0.4, -0.2) is 25.2 Å². The number of hydrogen-bond acceptors (Lipinski definition) is 4. The number of anilines is 3. The van der Waals surface area contributed by atoms with Crippen molar-refractivity contribution >= 4 is 23.0 Å². The molecule has 0 aliphatic heterocycles. The number of amides is 1. The van der Waals surface area contributed by atoms with Crippen LogP contribution in [0.25, 0.3) is 0 Å². The van der Waals surface area contributed by atoms with E-state index in [-0.39, 0.29) is 12.0 Å². The summed E-state index contributed by atoms with van der Waals surface area (Å²) in [5.41, 5.74) is 8.12. The van der Waals surface area contributed by atoms with E-state index in [1.54, 1.807) is 6.07 Å². The molecule has 0 spiro atoms. The minimum atomic E-state index is -0.106. The number of hydrogen-bond donors (Lipinski definition) is 3. The van der Waals surface area contributed by atoms with Crippen LogP contribution in [0.3, 0.4) is 0 Å². The molecule has 0 aliphatic rings. The molecule has 0 fully saturated rings. The van der Waals surface area contributed by atoms with Crippen LogP contribution in [0.15, 0.2) is 18.2 Å². The summed E-state index contributed by atoms with van der Waals surface area (Å²) in [7, 11) is 0. The van der Waals surface area contributed by atoms with Crippen LogP contribution in [0, 0.1) is 0 Å². The van der Waals surface area contributed by atoms with Gasteiger partial charge in [-0.3, -0.25) is 4.79 Å². The highest BCUT2D eigenvalue weighted by Crippen LogP contribution is 2.22. The zero-order valence-electron chi connectivity index (χ0n) is 11.8. The van der Waals surface area contributed by atoms with Crippen LogP contribution in [-0.2, 0) is 9.53 Å². The van der Waals surface area contributed by atoms with Gasteiger partial charge < -0.3 is 21.1 Å². The number of carbonyl (C=O) groups is 1. The van der Waals surface area contributed by atoms with Crippen LogP contribution in [0.5, 0.6) is 0 Å². The topological polar surface area (TPSA) is 76.4 Å². The minimum Gasteiger partial charge on any atom is -0.397 e. The number of nitrogen functional groups attached to an aromatic ring is 1. The highest BCUT2D eigenvalue weighted by molar-refractivity contribution is 5.90. The average Bonchev–Trinajstić information content (AvgIpc) is 2.30. The fourth-order valence-electron chi connectivity index (χ4n) is 1.62. The van der Waals surface area contributed by atoms with Gasteiger partial charge in [0.05, 0.1) is 17.5 Å². The van der Waals surface area contributed by atoms with Crippen molar-refractivity contribution in [2.24, 2.45) is 0 Å². The largest absolute Gasteiger partial charge is 0.397 e. The van der Waals surface area contributed by atoms with E-state index in [0.29, 0.717) is 11.4 Å². The summed E-state index contributed by atoms with van der Waals surface area (Å²) in [4.78, 5) is 10.9. The third-order valence-corrected chi connectivity index (χ3v) is 2.46. The number of rotatable bonds is 7. The maximum Gasteiger partial charge on any atom is 0.221 e. The van der Waals surface area contributed by atoms with Crippen LogP contribution >= 0.6 is 0 Å². The summed E-state index contributed by atoms with van der Waals surface area (Å²) < 4.78 is 5.45. The number of nitrogens with two attached hydrogens (primary N) is 1. The maximum absolute atomic E-state index is 10.9. The first kappa shape index (κ1) is 15.3. The minimum absolute atomic E-state index is 0.106. The molecule has 1 rings (SSSR count). The van der Waals surface area contributed by atoms with Gasteiger partial charge in [-0.15, -0.1) is 0 Å². The third kappa shape index (κ3) is 6.10. The van der Waals surface area contributed by atoms with Crippen molar-refractivity contribution in [2.75, 3.05) is 29.5 Å². The van der Waals surface area contributed by atoms with E-state index in [2.05, 4.69) is 10.6 Å². The van der Waals surface area contributed by atoms with Crippen molar-refractivity contribution in [1.82, 2.24) is 0 Å². The summed E-state index contributed by atoms with van der Waals surface area (Å²) >= 11 is 0. The van der Waals surface area contributed by atoms with Crippen LogP contribution in [0.4, 0.5) is 17.1 Å². The SMILES string of the molecule is CC(=O)Nc1ccc(NCCCOC(C)C)c(N)c1. The lowest BCUT2D eigenvalue weighted by Crippen LogP contribution is -2.11.